The van der Waals surface area contributed by atoms with Gasteiger partial charge >= 0.3 is 0 Å². The monoisotopic (exact) mass is 180 g/mol. The van der Waals surface area contributed by atoms with E-state index in [9.17, 15) is 4.79 Å². The fourth-order valence-corrected chi connectivity index (χ4v) is 1.65. The van der Waals surface area contributed by atoms with Gasteiger partial charge in [-0.1, -0.05) is 0 Å². The van der Waals surface area contributed by atoms with E-state index in [0.29, 0.717) is 0 Å². The van der Waals surface area contributed by atoms with Crippen molar-refractivity contribution in [1.29, 1.82) is 0 Å². The highest BCUT2D eigenvalue weighted by Gasteiger charge is 2.30. The molecule has 1 aromatic rings. The third-order valence-corrected chi connectivity index (χ3v) is 2.36. The van der Waals surface area contributed by atoms with Gasteiger partial charge in [-0.25, -0.2) is 4.98 Å². The first kappa shape index (κ1) is 8.44. The number of rotatable bonds is 0. The molecule has 2 rings (SSSR count). The van der Waals surface area contributed by atoms with Crippen molar-refractivity contribution in [2.24, 2.45) is 0 Å². The average molecular weight is 180 g/mol. The van der Waals surface area contributed by atoms with Crippen molar-refractivity contribution in [3.8, 4) is 0 Å². The van der Waals surface area contributed by atoms with Crippen LogP contribution in [0.15, 0.2) is 6.20 Å². The summed E-state index contributed by atoms with van der Waals surface area (Å²) in [5.41, 5.74) is 0.848. The Morgan fingerprint density at radius 1 is 1.46 bits per heavy atom. The zero-order valence-corrected chi connectivity index (χ0v) is 7.94. The third kappa shape index (κ3) is 1.09. The molecule has 4 heteroatoms. The maximum atomic E-state index is 11.6. The summed E-state index contributed by atoms with van der Waals surface area (Å²) in [7, 11) is 0. The van der Waals surface area contributed by atoms with E-state index >= 15 is 0 Å². The second-order valence-electron chi connectivity index (χ2n) is 3.32. The van der Waals surface area contributed by atoms with Gasteiger partial charge in [0.15, 0.2) is 0 Å². The quantitative estimate of drug-likeness (QED) is 0.604. The van der Waals surface area contributed by atoms with Crippen LogP contribution in [0.25, 0.3) is 0 Å². The second kappa shape index (κ2) is 2.67. The van der Waals surface area contributed by atoms with Crippen LogP contribution in [0.4, 0.5) is 0 Å². The van der Waals surface area contributed by atoms with Crippen LogP contribution < -0.4 is 0 Å². The second-order valence-corrected chi connectivity index (χ2v) is 3.32. The predicted molar refractivity (Wildman–Crippen MR) is 46.6 cm³/mol. The van der Waals surface area contributed by atoms with Crippen molar-refractivity contribution in [3.05, 3.63) is 17.7 Å². The van der Waals surface area contributed by atoms with Crippen LogP contribution in [0.3, 0.4) is 0 Å². The van der Waals surface area contributed by atoms with E-state index in [2.05, 4.69) is 4.98 Å². The van der Waals surface area contributed by atoms with Gasteiger partial charge < -0.3 is 4.74 Å². The molecule has 0 fully saturated rings. The molecular weight excluding hydrogens is 168 g/mol. The molecule has 2 heterocycles. The highest BCUT2D eigenvalue weighted by atomic mass is 16.5. The molecule has 0 saturated heterocycles. The number of carbonyl (C=O) groups is 1. The zero-order valence-electron chi connectivity index (χ0n) is 7.94. The van der Waals surface area contributed by atoms with E-state index in [1.807, 2.05) is 13.8 Å². The van der Waals surface area contributed by atoms with E-state index < -0.39 is 0 Å². The summed E-state index contributed by atoms with van der Waals surface area (Å²) >= 11 is 0. The molecule has 0 bridgehead atoms. The summed E-state index contributed by atoms with van der Waals surface area (Å²) in [6.45, 7) is 5.52. The lowest BCUT2D eigenvalue weighted by Crippen LogP contribution is -2.35. The number of carbonyl (C=O) groups excluding carboxylic acids is 1. The van der Waals surface area contributed by atoms with E-state index in [1.54, 1.807) is 17.7 Å². The fraction of sp³-hybridized carbons (Fsp3) is 0.556. The summed E-state index contributed by atoms with van der Waals surface area (Å²) in [5.74, 6) is 0.713. The van der Waals surface area contributed by atoms with Crippen LogP contribution in [0.1, 0.15) is 36.3 Å². The van der Waals surface area contributed by atoms with Crippen molar-refractivity contribution in [1.82, 2.24) is 9.55 Å². The molecule has 0 spiro atoms. The Morgan fingerprint density at radius 2 is 2.15 bits per heavy atom. The maximum Gasteiger partial charge on any atom is 0.261 e. The molecule has 0 N–H and O–H groups in total. The Kier molecular flexibility index (Phi) is 1.73. The van der Waals surface area contributed by atoms with Crippen LogP contribution in [-0.4, -0.2) is 21.6 Å². The van der Waals surface area contributed by atoms with Gasteiger partial charge in [0, 0.05) is 0 Å². The van der Waals surface area contributed by atoms with Crippen LogP contribution >= 0.6 is 0 Å². The Balaban J connectivity index is 2.57. The number of fused-ring (bicyclic) bond motifs is 1. The molecule has 2 unspecified atom stereocenters. The minimum absolute atomic E-state index is 0.0249. The first-order chi connectivity index (χ1) is 6.11. The number of aryl methyl sites for hydroxylation is 1. The number of hydrogen-bond acceptors (Lipinski definition) is 3. The van der Waals surface area contributed by atoms with Crippen molar-refractivity contribution in [2.45, 2.75) is 33.0 Å². The maximum absolute atomic E-state index is 11.6. The Morgan fingerprint density at radius 3 is 2.85 bits per heavy atom. The summed E-state index contributed by atoms with van der Waals surface area (Å²) in [6, 6.07) is 0. The molecule has 0 aromatic carbocycles. The molecular formula is C9H12N2O2. The number of imidazole rings is 1. The highest BCUT2D eigenvalue weighted by Crippen LogP contribution is 2.25. The van der Waals surface area contributed by atoms with Crippen LogP contribution in [0, 0.1) is 6.92 Å². The molecule has 0 saturated carbocycles. The standard InChI is InChI=1S/C9H12N2O2/c1-5-8-4-10-7(3)11(8)9(12)6(2)13-5/h4-6H,1-3H3. The van der Waals surface area contributed by atoms with E-state index in [-0.39, 0.29) is 18.1 Å². The fourth-order valence-electron chi connectivity index (χ4n) is 1.65. The van der Waals surface area contributed by atoms with Gasteiger partial charge in [-0.05, 0) is 20.8 Å². The van der Waals surface area contributed by atoms with Crippen molar-refractivity contribution in [3.63, 3.8) is 0 Å². The smallest absolute Gasteiger partial charge is 0.261 e. The molecule has 4 nitrogen and oxygen atoms in total. The van der Waals surface area contributed by atoms with Crippen LogP contribution in [-0.2, 0) is 4.74 Å². The Labute approximate surface area is 76.5 Å². The number of nitrogens with zero attached hydrogens (tertiary/aromatic N) is 2. The summed E-state index contributed by atoms with van der Waals surface area (Å²) in [6.07, 6.45) is 1.29. The van der Waals surface area contributed by atoms with Gasteiger partial charge in [0.05, 0.1) is 18.0 Å². The van der Waals surface area contributed by atoms with Crippen LogP contribution in [0.5, 0.6) is 0 Å². The van der Waals surface area contributed by atoms with Crippen molar-refractivity contribution in [2.75, 3.05) is 0 Å². The molecule has 70 valence electrons. The van der Waals surface area contributed by atoms with Gasteiger partial charge in [-0.3, -0.25) is 9.36 Å². The number of hydrogen-bond donors (Lipinski definition) is 0. The van der Waals surface area contributed by atoms with Gasteiger partial charge in [-0.15, -0.1) is 0 Å². The van der Waals surface area contributed by atoms with Crippen LogP contribution in [0.2, 0.25) is 0 Å². The molecule has 1 aromatic heterocycles. The minimum atomic E-state index is -0.365. The van der Waals surface area contributed by atoms with E-state index in [0.717, 1.165) is 11.5 Å². The van der Waals surface area contributed by atoms with Crippen molar-refractivity contribution >= 4 is 5.91 Å². The minimum Gasteiger partial charge on any atom is -0.359 e. The summed E-state index contributed by atoms with van der Waals surface area (Å²) < 4.78 is 7.07. The van der Waals surface area contributed by atoms with Gasteiger partial charge in [-0.2, -0.15) is 0 Å². The molecule has 1 aliphatic rings. The predicted octanol–water partition coefficient (Wildman–Crippen LogP) is 1.31. The molecule has 13 heavy (non-hydrogen) atoms. The van der Waals surface area contributed by atoms with Gasteiger partial charge in [0.2, 0.25) is 0 Å². The van der Waals surface area contributed by atoms with E-state index in [4.69, 9.17) is 4.74 Å². The topological polar surface area (TPSA) is 44.1 Å². The molecule has 0 aliphatic carbocycles. The Bertz CT molecular complexity index is 356. The van der Waals surface area contributed by atoms with E-state index in [1.165, 1.54) is 0 Å². The molecule has 0 radical (unpaired) electrons. The van der Waals surface area contributed by atoms with Gasteiger partial charge in [0.25, 0.3) is 5.91 Å². The first-order valence-electron chi connectivity index (χ1n) is 4.35. The highest BCUT2D eigenvalue weighted by molar-refractivity contribution is 5.85. The SMILES string of the molecule is Cc1ncc2n1C(=O)C(C)OC2C. The molecule has 2 atom stereocenters. The normalized spacial score (nSPS) is 27.5. The molecule has 1 aliphatic heterocycles. The average Bonchev–Trinajstić information content (AvgIpc) is 2.44. The number of ether oxygens (including phenoxy) is 1. The lowest BCUT2D eigenvalue weighted by atomic mass is 10.2. The Hall–Kier alpha value is -1.16. The van der Waals surface area contributed by atoms with Gasteiger partial charge in [0.1, 0.15) is 11.9 Å². The molecule has 0 amide bonds. The lowest BCUT2D eigenvalue weighted by molar-refractivity contribution is -0.0110. The zero-order chi connectivity index (χ0) is 9.59. The summed E-state index contributed by atoms with van der Waals surface area (Å²) in [4.78, 5) is 15.7. The van der Waals surface area contributed by atoms with Crippen molar-refractivity contribution < 1.29 is 9.53 Å². The third-order valence-electron chi connectivity index (χ3n) is 2.36. The summed E-state index contributed by atoms with van der Waals surface area (Å²) in [5, 5.41) is 0. The largest absolute Gasteiger partial charge is 0.359 e. The lowest BCUT2D eigenvalue weighted by Gasteiger charge is -2.26. The number of aromatic nitrogens is 2. The first-order valence-corrected chi connectivity index (χ1v) is 4.35.